The molecule has 9 heteroatoms. The molecule has 0 radical (unpaired) electrons. The van der Waals surface area contributed by atoms with Crippen molar-refractivity contribution < 1.29 is 22.8 Å². The summed E-state index contributed by atoms with van der Waals surface area (Å²) in [5.41, 5.74) is 3.26. The molecule has 0 bridgehead atoms. The lowest BCUT2D eigenvalue weighted by Crippen LogP contribution is -2.54. The van der Waals surface area contributed by atoms with E-state index in [2.05, 4.69) is 5.32 Å². The Morgan fingerprint density at radius 1 is 0.902 bits per heavy atom. The third-order valence-corrected chi connectivity index (χ3v) is 8.11. The Bertz CT molecular complexity index is 1460. The number of ketones is 1. The van der Waals surface area contributed by atoms with Gasteiger partial charge in [0.05, 0.1) is 11.9 Å². The van der Waals surface area contributed by atoms with Crippen molar-refractivity contribution in [1.82, 2.24) is 10.2 Å². The van der Waals surface area contributed by atoms with E-state index >= 15 is 0 Å². The molecule has 3 aromatic carbocycles. The number of nitrogens with zero attached hydrogens (tertiary/aromatic N) is 2. The number of Topliss-reactive ketones (excluding diaryl/α,β-unsaturated/α-hetero) is 1. The zero-order valence-corrected chi connectivity index (χ0v) is 25.1. The Hall–Kier alpha value is -3.98. The van der Waals surface area contributed by atoms with Gasteiger partial charge in [0.1, 0.15) is 12.6 Å². The molecule has 0 aliphatic carbocycles. The second-order valence-corrected chi connectivity index (χ2v) is 12.3. The molecule has 0 unspecified atom stereocenters. The van der Waals surface area contributed by atoms with Gasteiger partial charge in [-0.05, 0) is 50.5 Å². The molecule has 1 N–H and O–H groups in total. The van der Waals surface area contributed by atoms with Crippen molar-refractivity contribution in [2.75, 3.05) is 17.1 Å². The maximum atomic E-state index is 14.1. The molecule has 3 rings (SSSR count). The van der Waals surface area contributed by atoms with Crippen molar-refractivity contribution >= 4 is 33.3 Å². The van der Waals surface area contributed by atoms with Gasteiger partial charge in [-0.2, -0.15) is 0 Å². The normalized spacial score (nSPS) is 12.7. The fraction of sp³-hybridized carbons (Fsp3) is 0.344. The van der Waals surface area contributed by atoms with Gasteiger partial charge in [-0.25, -0.2) is 8.42 Å². The van der Waals surface area contributed by atoms with E-state index in [9.17, 15) is 22.8 Å². The van der Waals surface area contributed by atoms with E-state index in [1.54, 1.807) is 18.2 Å². The summed E-state index contributed by atoms with van der Waals surface area (Å²) in [5.74, 6) is -1.07. The van der Waals surface area contributed by atoms with Gasteiger partial charge in [0, 0.05) is 24.6 Å². The van der Waals surface area contributed by atoms with Crippen molar-refractivity contribution in [2.45, 2.75) is 59.2 Å². The van der Waals surface area contributed by atoms with Crippen LogP contribution in [-0.4, -0.2) is 55.8 Å². The van der Waals surface area contributed by atoms with E-state index in [0.717, 1.165) is 27.3 Å². The first-order valence-electron chi connectivity index (χ1n) is 13.7. The van der Waals surface area contributed by atoms with Gasteiger partial charge in [-0.3, -0.25) is 18.7 Å². The molecule has 218 valence electrons. The Kier molecular flexibility index (Phi) is 10.8. The summed E-state index contributed by atoms with van der Waals surface area (Å²) in [7, 11) is -3.92. The summed E-state index contributed by atoms with van der Waals surface area (Å²) in [5, 5.41) is 3.01. The van der Waals surface area contributed by atoms with Crippen LogP contribution in [0.3, 0.4) is 0 Å². The van der Waals surface area contributed by atoms with Crippen molar-refractivity contribution in [3.05, 3.63) is 101 Å². The summed E-state index contributed by atoms with van der Waals surface area (Å²) >= 11 is 0. The molecular formula is C32H39N3O5S. The van der Waals surface area contributed by atoms with Crippen LogP contribution in [0.2, 0.25) is 0 Å². The smallest absolute Gasteiger partial charge is 0.244 e. The van der Waals surface area contributed by atoms with Gasteiger partial charge in [-0.1, -0.05) is 79.2 Å². The molecular weight excluding hydrogens is 538 g/mol. The zero-order valence-electron chi connectivity index (χ0n) is 24.3. The third-order valence-electron chi connectivity index (χ3n) is 6.97. The fourth-order valence-electron chi connectivity index (χ4n) is 4.38. The Balaban J connectivity index is 2.07. The van der Waals surface area contributed by atoms with Crippen molar-refractivity contribution in [3.8, 4) is 0 Å². The summed E-state index contributed by atoms with van der Waals surface area (Å²) in [4.78, 5) is 41.3. The maximum Gasteiger partial charge on any atom is 0.244 e. The van der Waals surface area contributed by atoms with Crippen LogP contribution in [-0.2, 0) is 32.6 Å². The summed E-state index contributed by atoms with van der Waals surface area (Å²) in [6, 6.07) is 22.2. The lowest BCUT2D eigenvalue weighted by Gasteiger charge is -2.34. The molecule has 0 heterocycles. The Morgan fingerprint density at radius 2 is 1.56 bits per heavy atom. The van der Waals surface area contributed by atoms with E-state index in [0.29, 0.717) is 12.0 Å². The molecule has 2 amide bonds. The summed E-state index contributed by atoms with van der Waals surface area (Å²) in [6.07, 6.45) is 1.98. The third kappa shape index (κ3) is 9.01. The highest BCUT2D eigenvalue weighted by Gasteiger charge is 2.33. The Labute approximate surface area is 243 Å². The number of anilines is 1. The Morgan fingerprint density at radius 3 is 2.15 bits per heavy atom. The van der Waals surface area contributed by atoms with E-state index in [-0.39, 0.29) is 36.4 Å². The number of carbonyl (C=O) groups is 3. The minimum atomic E-state index is -3.92. The van der Waals surface area contributed by atoms with Gasteiger partial charge in [0.25, 0.3) is 0 Å². The monoisotopic (exact) mass is 577 g/mol. The quantitative estimate of drug-likeness (QED) is 0.301. The van der Waals surface area contributed by atoms with Gasteiger partial charge in [0.2, 0.25) is 21.8 Å². The predicted molar refractivity (Wildman–Crippen MR) is 162 cm³/mol. The lowest BCUT2D eigenvalue weighted by molar-refractivity contribution is -0.140. The van der Waals surface area contributed by atoms with Gasteiger partial charge in [0.15, 0.2) is 5.78 Å². The van der Waals surface area contributed by atoms with Crippen LogP contribution in [0.5, 0.6) is 0 Å². The zero-order chi connectivity index (χ0) is 30.2. The average Bonchev–Trinajstić information content (AvgIpc) is 2.94. The van der Waals surface area contributed by atoms with Gasteiger partial charge in [-0.15, -0.1) is 0 Å². The second kappa shape index (κ2) is 14.1. The molecule has 3 aromatic rings. The van der Waals surface area contributed by atoms with Crippen LogP contribution in [0, 0.1) is 6.92 Å². The average molecular weight is 578 g/mol. The van der Waals surface area contributed by atoms with Crippen molar-refractivity contribution in [1.29, 1.82) is 0 Å². The second-order valence-electron chi connectivity index (χ2n) is 10.4. The van der Waals surface area contributed by atoms with Crippen molar-refractivity contribution in [2.24, 2.45) is 0 Å². The molecule has 0 aliphatic heterocycles. The van der Waals surface area contributed by atoms with E-state index in [1.807, 2.05) is 75.4 Å². The number of amides is 2. The first kappa shape index (κ1) is 31.5. The van der Waals surface area contributed by atoms with Crippen LogP contribution in [0.1, 0.15) is 54.2 Å². The SMILES string of the molecule is CC[C@@H](C)NC(=O)[C@@H](Cc1ccccc1)N(Cc1ccc(C)cc1)C(=O)CN(c1cccc(C(C)=O)c1)S(C)(=O)=O. The van der Waals surface area contributed by atoms with E-state index < -0.39 is 28.5 Å². The van der Waals surface area contributed by atoms with Crippen LogP contribution in [0.25, 0.3) is 0 Å². The number of nitrogens with one attached hydrogen (secondary N) is 1. The first-order valence-corrected chi connectivity index (χ1v) is 15.5. The highest BCUT2D eigenvalue weighted by atomic mass is 32.2. The van der Waals surface area contributed by atoms with E-state index in [1.165, 1.54) is 17.9 Å². The lowest BCUT2D eigenvalue weighted by atomic mass is 10.0. The topological polar surface area (TPSA) is 104 Å². The molecule has 0 aromatic heterocycles. The summed E-state index contributed by atoms with van der Waals surface area (Å²) in [6.45, 7) is 6.79. The van der Waals surface area contributed by atoms with Gasteiger partial charge < -0.3 is 10.2 Å². The highest BCUT2D eigenvalue weighted by Crippen LogP contribution is 2.22. The van der Waals surface area contributed by atoms with E-state index in [4.69, 9.17) is 0 Å². The summed E-state index contributed by atoms with van der Waals surface area (Å²) < 4.78 is 26.9. The number of rotatable bonds is 13. The molecule has 2 atom stereocenters. The number of sulfonamides is 1. The number of hydrogen-bond donors (Lipinski definition) is 1. The first-order chi connectivity index (χ1) is 19.4. The number of carbonyl (C=O) groups excluding carboxylic acids is 3. The highest BCUT2D eigenvalue weighted by molar-refractivity contribution is 7.92. The van der Waals surface area contributed by atoms with Crippen LogP contribution >= 0.6 is 0 Å². The molecule has 8 nitrogen and oxygen atoms in total. The molecule has 41 heavy (non-hydrogen) atoms. The van der Waals surface area contributed by atoms with Crippen molar-refractivity contribution in [3.63, 3.8) is 0 Å². The largest absolute Gasteiger partial charge is 0.352 e. The number of hydrogen-bond acceptors (Lipinski definition) is 5. The minimum Gasteiger partial charge on any atom is -0.352 e. The number of benzene rings is 3. The maximum absolute atomic E-state index is 14.1. The molecule has 0 fully saturated rings. The fourth-order valence-corrected chi connectivity index (χ4v) is 5.22. The standard InChI is InChI=1S/C32H39N3O5S/c1-6-24(3)33-32(38)30(19-26-11-8-7-9-12-26)34(21-27-17-15-23(2)16-18-27)31(37)22-35(41(5,39)40)29-14-10-13-28(20-29)25(4)36/h7-18,20,24,30H,6,19,21-22H2,1-5H3,(H,33,38)/t24-,30-/m1/s1. The van der Waals surface area contributed by atoms with Crippen LogP contribution < -0.4 is 9.62 Å². The number of aryl methyl sites for hydroxylation is 1. The predicted octanol–water partition coefficient (Wildman–Crippen LogP) is 4.52. The molecule has 0 saturated heterocycles. The minimum absolute atomic E-state index is 0.107. The van der Waals surface area contributed by atoms with Crippen LogP contribution in [0.4, 0.5) is 5.69 Å². The van der Waals surface area contributed by atoms with Crippen LogP contribution in [0.15, 0.2) is 78.9 Å². The van der Waals surface area contributed by atoms with Gasteiger partial charge >= 0.3 is 0 Å². The molecule has 0 saturated carbocycles. The molecule has 0 aliphatic rings. The molecule has 0 spiro atoms.